The van der Waals surface area contributed by atoms with E-state index in [1.165, 1.54) is 12.1 Å². The zero-order valence-electron chi connectivity index (χ0n) is 9.35. The van der Waals surface area contributed by atoms with Crippen LogP contribution in [0, 0.1) is 0 Å². The Hall–Kier alpha value is -2.01. The number of hydrogen-bond donors (Lipinski definition) is 3. The minimum absolute atomic E-state index is 0.193. The molecule has 0 aliphatic carbocycles. The first-order valence-electron chi connectivity index (χ1n) is 5.22. The van der Waals surface area contributed by atoms with Gasteiger partial charge in [-0.2, -0.15) is 0 Å². The second-order valence-corrected chi connectivity index (χ2v) is 4.57. The van der Waals surface area contributed by atoms with Crippen molar-refractivity contribution in [3.05, 3.63) is 52.5 Å². The van der Waals surface area contributed by atoms with Crippen LogP contribution < -0.4 is 11.1 Å². The van der Waals surface area contributed by atoms with E-state index >= 15 is 0 Å². The highest BCUT2D eigenvalue weighted by atomic mass is 79.9. The molecular formula is C13H11BrN2O2. The van der Waals surface area contributed by atoms with Crippen molar-refractivity contribution < 1.29 is 9.90 Å². The number of aromatic carboxylic acids is 1. The Morgan fingerprint density at radius 1 is 1.17 bits per heavy atom. The fraction of sp³-hybridized carbons (Fsp3) is 0. The monoisotopic (exact) mass is 306 g/mol. The second-order valence-electron chi connectivity index (χ2n) is 3.71. The first kappa shape index (κ1) is 12.4. The molecule has 0 bridgehead atoms. The standard InChI is InChI=1S/C13H11BrN2O2/c14-9-3-1-2-4-11(9)16-12-7-8(13(17)18)5-6-10(12)15/h1-7,16H,15H2,(H,17,18). The summed E-state index contributed by atoms with van der Waals surface area (Å²) in [5.74, 6) is -0.981. The predicted molar refractivity (Wildman–Crippen MR) is 75.2 cm³/mol. The SMILES string of the molecule is Nc1ccc(C(=O)O)cc1Nc1ccccc1Br. The smallest absolute Gasteiger partial charge is 0.335 e. The Morgan fingerprint density at radius 2 is 1.89 bits per heavy atom. The molecule has 2 rings (SSSR count). The van der Waals surface area contributed by atoms with Gasteiger partial charge in [-0.25, -0.2) is 4.79 Å². The molecule has 4 N–H and O–H groups in total. The van der Waals surface area contributed by atoms with Crippen LogP contribution in [0.4, 0.5) is 17.1 Å². The lowest BCUT2D eigenvalue weighted by Crippen LogP contribution is -2.01. The third-order valence-electron chi connectivity index (χ3n) is 2.44. The number of carbonyl (C=O) groups is 1. The summed E-state index contributed by atoms with van der Waals surface area (Å²) >= 11 is 3.41. The van der Waals surface area contributed by atoms with E-state index in [-0.39, 0.29) is 5.56 Å². The molecule has 0 radical (unpaired) electrons. The molecule has 0 amide bonds. The first-order valence-corrected chi connectivity index (χ1v) is 6.01. The maximum absolute atomic E-state index is 10.9. The van der Waals surface area contributed by atoms with Crippen LogP contribution in [0.15, 0.2) is 46.9 Å². The van der Waals surface area contributed by atoms with Crippen molar-refractivity contribution in [3.63, 3.8) is 0 Å². The Bertz CT molecular complexity index is 599. The van der Waals surface area contributed by atoms with Crippen LogP contribution >= 0.6 is 15.9 Å². The van der Waals surface area contributed by atoms with Crippen molar-refractivity contribution in [2.75, 3.05) is 11.1 Å². The number of hydrogen-bond acceptors (Lipinski definition) is 3. The molecule has 0 spiro atoms. The highest BCUT2D eigenvalue weighted by Gasteiger charge is 2.07. The summed E-state index contributed by atoms with van der Waals surface area (Å²) in [7, 11) is 0. The van der Waals surface area contributed by atoms with E-state index in [1.807, 2.05) is 24.3 Å². The number of nitrogens with two attached hydrogens (primary N) is 1. The lowest BCUT2D eigenvalue weighted by Gasteiger charge is -2.11. The summed E-state index contributed by atoms with van der Waals surface area (Å²) in [5.41, 5.74) is 7.90. The molecule has 0 heterocycles. The fourth-order valence-electron chi connectivity index (χ4n) is 1.51. The molecular weight excluding hydrogens is 296 g/mol. The van der Waals surface area contributed by atoms with Crippen LogP contribution in [0.1, 0.15) is 10.4 Å². The van der Waals surface area contributed by atoms with Crippen LogP contribution in [0.5, 0.6) is 0 Å². The summed E-state index contributed by atoms with van der Waals surface area (Å²) in [4.78, 5) is 10.9. The summed E-state index contributed by atoms with van der Waals surface area (Å²) in [6, 6.07) is 12.1. The van der Waals surface area contributed by atoms with Gasteiger partial charge in [-0.1, -0.05) is 12.1 Å². The molecule has 4 nitrogen and oxygen atoms in total. The molecule has 2 aromatic carbocycles. The first-order chi connectivity index (χ1) is 8.58. The third-order valence-corrected chi connectivity index (χ3v) is 3.13. The maximum atomic E-state index is 10.9. The third kappa shape index (κ3) is 2.62. The van der Waals surface area contributed by atoms with Gasteiger partial charge in [-0.05, 0) is 46.3 Å². The van der Waals surface area contributed by atoms with Gasteiger partial charge in [0.15, 0.2) is 0 Å². The van der Waals surface area contributed by atoms with Crippen LogP contribution in [-0.4, -0.2) is 11.1 Å². The number of carboxylic acid groups (broad SMARTS) is 1. The molecule has 0 aliphatic heterocycles. The van der Waals surface area contributed by atoms with Crippen LogP contribution in [-0.2, 0) is 0 Å². The van der Waals surface area contributed by atoms with Crippen molar-refractivity contribution in [2.24, 2.45) is 0 Å². The number of rotatable bonds is 3. The summed E-state index contributed by atoms with van der Waals surface area (Å²) in [5, 5.41) is 12.0. The summed E-state index contributed by atoms with van der Waals surface area (Å²) in [6.07, 6.45) is 0. The highest BCUT2D eigenvalue weighted by molar-refractivity contribution is 9.10. The van der Waals surface area contributed by atoms with Crippen LogP contribution in [0.2, 0.25) is 0 Å². The Labute approximate surface area is 113 Å². The van der Waals surface area contributed by atoms with Gasteiger partial charge >= 0.3 is 5.97 Å². The molecule has 92 valence electrons. The van der Waals surface area contributed by atoms with Gasteiger partial charge in [-0.3, -0.25) is 0 Å². The summed E-state index contributed by atoms with van der Waals surface area (Å²) < 4.78 is 0.880. The molecule has 0 atom stereocenters. The lowest BCUT2D eigenvalue weighted by atomic mass is 10.1. The second kappa shape index (κ2) is 5.10. The van der Waals surface area contributed by atoms with Crippen molar-refractivity contribution in [1.82, 2.24) is 0 Å². The number of halogens is 1. The van der Waals surface area contributed by atoms with Crippen molar-refractivity contribution >= 4 is 39.0 Å². The Balaban J connectivity index is 2.37. The molecule has 18 heavy (non-hydrogen) atoms. The average molecular weight is 307 g/mol. The molecule has 0 fully saturated rings. The number of anilines is 3. The van der Waals surface area contributed by atoms with Gasteiger partial charge in [0.2, 0.25) is 0 Å². The Morgan fingerprint density at radius 3 is 2.56 bits per heavy atom. The lowest BCUT2D eigenvalue weighted by molar-refractivity contribution is 0.0697. The van der Waals surface area contributed by atoms with Gasteiger partial charge < -0.3 is 16.2 Å². The number of benzene rings is 2. The Kier molecular flexibility index (Phi) is 3.53. The minimum Gasteiger partial charge on any atom is -0.478 e. The number of para-hydroxylation sites is 1. The predicted octanol–water partition coefficient (Wildman–Crippen LogP) is 3.47. The van der Waals surface area contributed by atoms with E-state index in [1.54, 1.807) is 6.07 Å². The van der Waals surface area contributed by atoms with Gasteiger partial charge in [0.25, 0.3) is 0 Å². The van der Waals surface area contributed by atoms with Gasteiger partial charge in [0.05, 0.1) is 22.6 Å². The van der Waals surface area contributed by atoms with E-state index < -0.39 is 5.97 Å². The van der Waals surface area contributed by atoms with E-state index in [9.17, 15) is 4.79 Å². The zero-order chi connectivity index (χ0) is 13.1. The van der Waals surface area contributed by atoms with Crippen molar-refractivity contribution in [3.8, 4) is 0 Å². The molecule has 0 aliphatic rings. The topological polar surface area (TPSA) is 75.4 Å². The van der Waals surface area contributed by atoms with Crippen molar-refractivity contribution in [1.29, 1.82) is 0 Å². The van der Waals surface area contributed by atoms with Gasteiger partial charge in [0, 0.05) is 4.47 Å². The molecule has 2 aromatic rings. The molecule has 5 heteroatoms. The van der Waals surface area contributed by atoms with E-state index in [4.69, 9.17) is 10.8 Å². The van der Waals surface area contributed by atoms with Crippen LogP contribution in [0.3, 0.4) is 0 Å². The molecule has 0 unspecified atom stereocenters. The molecule has 0 aromatic heterocycles. The summed E-state index contributed by atoms with van der Waals surface area (Å²) in [6.45, 7) is 0. The number of carboxylic acids is 1. The normalized spacial score (nSPS) is 10.1. The maximum Gasteiger partial charge on any atom is 0.335 e. The zero-order valence-corrected chi connectivity index (χ0v) is 10.9. The van der Waals surface area contributed by atoms with E-state index in [0.717, 1.165) is 10.2 Å². The van der Waals surface area contributed by atoms with E-state index in [2.05, 4.69) is 21.2 Å². The van der Waals surface area contributed by atoms with Gasteiger partial charge in [-0.15, -0.1) is 0 Å². The largest absolute Gasteiger partial charge is 0.478 e. The quantitative estimate of drug-likeness (QED) is 0.759. The molecule has 0 saturated carbocycles. The van der Waals surface area contributed by atoms with Crippen molar-refractivity contribution in [2.45, 2.75) is 0 Å². The fourth-order valence-corrected chi connectivity index (χ4v) is 1.89. The average Bonchev–Trinajstić information content (AvgIpc) is 2.34. The number of nitrogens with one attached hydrogen (secondary N) is 1. The number of nitrogen functional groups attached to an aromatic ring is 1. The highest BCUT2D eigenvalue weighted by Crippen LogP contribution is 2.29. The minimum atomic E-state index is -0.981. The van der Waals surface area contributed by atoms with E-state index in [0.29, 0.717) is 11.4 Å². The van der Waals surface area contributed by atoms with Gasteiger partial charge in [0.1, 0.15) is 0 Å². The van der Waals surface area contributed by atoms with Crippen LogP contribution in [0.25, 0.3) is 0 Å². The molecule has 0 saturated heterocycles.